The maximum atomic E-state index is 12.9. The number of allylic oxidation sites excluding steroid dienone is 2. The molecule has 13 atom stereocenters. The van der Waals surface area contributed by atoms with Gasteiger partial charge in [0.05, 0.1) is 24.7 Å². The lowest BCUT2D eigenvalue weighted by Gasteiger charge is -2.71. The van der Waals surface area contributed by atoms with Crippen LogP contribution in [0.25, 0.3) is 0 Å². The van der Waals surface area contributed by atoms with Gasteiger partial charge < -0.3 is 35.0 Å². The van der Waals surface area contributed by atoms with Gasteiger partial charge in [-0.2, -0.15) is 0 Å². The Hall–Kier alpha value is -1.03. The molecule has 0 radical (unpaired) electrons. The molecule has 5 aliphatic carbocycles. The molecule has 5 N–H and O–H groups in total. The van der Waals surface area contributed by atoms with Gasteiger partial charge in [0, 0.05) is 5.41 Å². The van der Waals surface area contributed by atoms with Crippen LogP contribution in [0.1, 0.15) is 106 Å². The maximum absolute atomic E-state index is 12.9. The van der Waals surface area contributed by atoms with Crippen molar-refractivity contribution in [1.29, 1.82) is 0 Å². The molecule has 6 rings (SSSR count). The summed E-state index contributed by atoms with van der Waals surface area (Å²) in [4.78, 5) is 12.9. The summed E-state index contributed by atoms with van der Waals surface area (Å²) in [6, 6.07) is 0. The quantitative estimate of drug-likeness (QED) is 0.231. The predicted molar refractivity (Wildman–Crippen MR) is 161 cm³/mol. The lowest BCUT2D eigenvalue weighted by atomic mass is 9.33. The van der Waals surface area contributed by atoms with E-state index in [0.29, 0.717) is 12.3 Å². The van der Waals surface area contributed by atoms with Crippen LogP contribution in [-0.2, 0) is 14.3 Å². The van der Waals surface area contributed by atoms with Gasteiger partial charge in [0.25, 0.3) is 0 Å². The second-order valence-corrected chi connectivity index (χ2v) is 17.3. The number of ether oxygens (including phenoxy) is 2. The first kappa shape index (κ1) is 31.9. The van der Waals surface area contributed by atoms with Gasteiger partial charge in [-0.05, 0) is 104 Å². The summed E-state index contributed by atoms with van der Waals surface area (Å²) in [5.41, 5.74) is 0.232. The Balaban J connectivity index is 1.32. The Morgan fingerprint density at radius 3 is 2.30 bits per heavy atom. The highest BCUT2D eigenvalue weighted by molar-refractivity contribution is 5.76. The van der Waals surface area contributed by atoms with E-state index in [1.54, 1.807) is 0 Å². The summed E-state index contributed by atoms with van der Waals surface area (Å²) in [5.74, 6) is 0.0529. The molecule has 1 unspecified atom stereocenters. The summed E-state index contributed by atoms with van der Waals surface area (Å²) in [6.45, 7) is 13.9. The van der Waals surface area contributed by atoms with Gasteiger partial charge in [0.2, 0.25) is 0 Å². The molecule has 1 aliphatic heterocycles. The standard InChI is InChI=1S/C35H56O8/c1-30(2)13-15-35(29(40)41)16-14-33(5)20(21(35)17-30)7-8-24-31(3)11-10-25(43-28-27(39)26(38)22(37)18-42-28)32(4,19-36)23(31)9-12-34(24,33)6/h7,21-28,36-39H,8-19H2,1-6H3,(H,40,41)/t21-,22+,23+,24+,25-,26-,27+,28-,31-,32?,33+,34+,35-/m0/s1. The average Bonchev–Trinajstić information content (AvgIpc) is 2.94. The van der Waals surface area contributed by atoms with Crippen LogP contribution < -0.4 is 0 Å². The number of carboxylic acid groups (broad SMARTS) is 1. The number of rotatable bonds is 4. The second-order valence-electron chi connectivity index (χ2n) is 17.3. The highest BCUT2D eigenvalue weighted by atomic mass is 16.7. The van der Waals surface area contributed by atoms with E-state index in [2.05, 4.69) is 47.6 Å². The number of fused-ring (bicyclic) bond motifs is 7. The lowest BCUT2D eigenvalue weighted by Crippen LogP contribution is -2.66. The molecule has 0 aromatic rings. The minimum Gasteiger partial charge on any atom is -0.481 e. The number of aliphatic hydroxyl groups is 4. The molecule has 0 aromatic carbocycles. The van der Waals surface area contributed by atoms with Crippen molar-refractivity contribution in [1.82, 2.24) is 0 Å². The normalized spacial score (nSPS) is 54.3. The third-order valence-electron chi connectivity index (χ3n) is 14.9. The predicted octanol–water partition coefficient (Wildman–Crippen LogP) is 4.67. The molecule has 1 saturated heterocycles. The monoisotopic (exact) mass is 604 g/mol. The van der Waals surface area contributed by atoms with Crippen molar-refractivity contribution >= 4 is 5.97 Å². The summed E-state index contributed by atoms with van der Waals surface area (Å²) < 4.78 is 12.0. The highest BCUT2D eigenvalue weighted by Gasteiger charge is 2.70. The van der Waals surface area contributed by atoms with E-state index in [-0.39, 0.29) is 52.8 Å². The Morgan fingerprint density at radius 2 is 1.63 bits per heavy atom. The van der Waals surface area contributed by atoms with E-state index >= 15 is 0 Å². The molecule has 0 spiro atoms. The van der Waals surface area contributed by atoms with Gasteiger partial charge in [-0.25, -0.2) is 0 Å². The second kappa shape index (κ2) is 10.2. The van der Waals surface area contributed by atoms with E-state index in [1.165, 1.54) is 5.57 Å². The van der Waals surface area contributed by atoms with E-state index in [9.17, 15) is 30.3 Å². The van der Waals surface area contributed by atoms with Gasteiger partial charge in [-0.3, -0.25) is 4.79 Å². The van der Waals surface area contributed by atoms with Crippen LogP contribution in [0.4, 0.5) is 0 Å². The van der Waals surface area contributed by atoms with Crippen molar-refractivity contribution in [3.8, 4) is 0 Å². The molecule has 43 heavy (non-hydrogen) atoms. The molecular formula is C35H56O8. The summed E-state index contributed by atoms with van der Waals surface area (Å²) in [6.07, 6.45) is 6.03. The topological polar surface area (TPSA) is 137 Å². The molecule has 8 nitrogen and oxygen atoms in total. The van der Waals surface area contributed by atoms with Crippen LogP contribution in [0.5, 0.6) is 0 Å². The van der Waals surface area contributed by atoms with Crippen LogP contribution >= 0.6 is 0 Å². The Kier molecular flexibility index (Phi) is 7.60. The van der Waals surface area contributed by atoms with Crippen LogP contribution in [0, 0.1) is 50.2 Å². The zero-order valence-corrected chi connectivity index (χ0v) is 27.1. The number of aliphatic hydroxyl groups excluding tert-OH is 4. The molecule has 244 valence electrons. The number of aliphatic carboxylic acids is 1. The van der Waals surface area contributed by atoms with E-state index in [1.807, 2.05) is 0 Å². The third-order valence-corrected chi connectivity index (χ3v) is 14.9. The average molecular weight is 605 g/mol. The molecule has 1 heterocycles. The van der Waals surface area contributed by atoms with Crippen molar-refractivity contribution in [3.05, 3.63) is 11.6 Å². The Labute approximate surface area is 257 Å². The first-order valence-electron chi connectivity index (χ1n) is 16.9. The van der Waals surface area contributed by atoms with Gasteiger partial charge in [-0.15, -0.1) is 0 Å². The molecule has 6 aliphatic rings. The van der Waals surface area contributed by atoms with Crippen LogP contribution in [0.15, 0.2) is 11.6 Å². The fourth-order valence-electron chi connectivity index (χ4n) is 11.9. The lowest BCUT2D eigenvalue weighted by molar-refractivity contribution is -0.312. The number of hydrogen-bond acceptors (Lipinski definition) is 7. The van der Waals surface area contributed by atoms with Gasteiger partial charge in [0.1, 0.15) is 18.3 Å². The van der Waals surface area contributed by atoms with Crippen LogP contribution in [-0.4, -0.2) is 75.4 Å². The van der Waals surface area contributed by atoms with Crippen LogP contribution in [0.3, 0.4) is 0 Å². The molecule has 0 aromatic heterocycles. The van der Waals surface area contributed by atoms with Crippen molar-refractivity contribution in [3.63, 3.8) is 0 Å². The molecular weight excluding hydrogens is 548 g/mol. The number of carboxylic acids is 1. The largest absolute Gasteiger partial charge is 0.481 e. The summed E-state index contributed by atoms with van der Waals surface area (Å²) in [5, 5.41) is 52.3. The van der Waals surface area contributed by atoms with E-state index < -0.39 is 41.4 Å². The molecule has 5 fully saturated rings. The third kappa shape index (κ3) is 4.32. The molecule has 0 amide bonds. The zero-order chi connectivity index (χ0) is 31.4. The minimum absolute atomic E-state index is 0.0154. The first-order valence-corrected chi connectivity index (χ1v) is 16.9. The number of hydrogen-bond donors (Lipinski definition) is 5. The summed E-state index contributed by atoms with van der Waals surface area (Å²) >= 11 is 0. The fourth-order valence-corrected chi connectivity index (χ4v) is 11.9. The van der Waals surface area contributed by atoms with Gasteiger partial charge in [0.15, 0.2) is 6.29 Å². The Morgan fingerprint density at radius 1 is 0.930 bits per heavy atom. The maximum Gasteiger partial charge on any atom is 0.310 e. The SMILES string of the molecule is CC1(C)CC[C@]2(C(=O)O)CC[C@]3(C)C(=CC[C@@H]4[C@@]5(C)CC[C@H](O[C@@H]6OC[C@@H](O)[C@H](O)[C@H]6O)C(C)(CO)[C@@H]5CC[C@]43C)[C@@H]2C1. The number of carbonyl (C=O) groups is 1. The Bertz CT molecular complexity index is 1150. The van der Waals surface area contributed by atoms with Crippen molar-refractivity contribution in [2.24, 2.45) is 50.2 Å². The molecule has 8 heteroatoms. The minimum atomic E-state index is -1.36. The highest BCUT2D eigenvalue weighted by Crippen LogP contribution is 2.76. The van der Waals surface area contributed by atoms with Crippen LogP contribution in [0.2, 0.25) is 0 Å². The van der Waals surface area contributed by atoms with E-state index in [4.69, 9.17) is 9.47 Å². The molecule has 4 saturated carbocycles. The van der Waals surface area contributed by atoms with E-state index in [0.717, 1.165) is 57.8 Å². The fraction of sp³-hybridized carbons (Fsp3) is 0.914. The molecule has 0 bridgehead atoms. The van der Waals surface area contributed by atoms with Gasteiger partial charge in [-0.1, -0.05) is 53.2 Å². The first-order chi connectivity index (χ1) is 20.0. The van der Waals surface area contributed by atoms with Crippen molar-refractivity contribution < 1.29 is 39.8 Å². The van der Waals surface area contributed by atoms with Crippen molar-refractivity contribution in [2.75, 3.05) is 13.2 Å². The summed E-state index contributed by atoms with van der Waals surface area (Å²) in [7, 11) is 0. The smallest absolute Gasteiger partial charge is 0.310 e. The van der Waals surface area contributed by atoms with Gasteiger partial charge >= 0.3 is 5.97 Å². The van der Waals surface area contributed by atoms with Crippen molar-refractivity contribution in [2.45, 2.75) is 136 Å². The zero-order valence-electron chi connectivity index (χ0n) is 27.1.